The van der Waals surface area contributed by atoms with Gasteiger partial charge in [0.1, 0.15) is 0 Å². The third-order valence-corrected chi connectivity index (χ3v) is 11.8. The van der Waals surface area contributed by atoms with Crippen LogP contribution in [-0.2, 0) is 5.41 Å². The largest absolute Gasteiger partial charge is 0.346 e. The Labute approximate surface area is 231 Å². The van der Waals surface area contributed by atoms with Gasteiger partial charge in [-0.1, -0.05) is 74.0 Å². The maximum atomic E-state index is 6.80. The van der Waals surface area contributed by atoms with Gasteiger partial charge < -0.3 is 9.80 Å². The van der Waals surface area contributed by atoms with E-state index >= 15 is 0 Å². The molecule has 6 rings (SSSR count). The van der Waals surface area contributed by atoms with Crippen molar-refractivity contribution in [2.24, 2.45) is 9.85 Å². The number of anilines is 2. The van der Waals surface area contributed by atoms with Crippen molar-refractivity contribution in [3.05, 3.63) is 100 Å². The topological polar surface area (TPSA) is 37.7 Å². The maximum Gasteiger partial charge on any atom is 0.180 e. The van der Waals surface area contributed by atoms with Gasteiger partial charge in [0.05, 0.1) is 27.9 Å². The molecule has 1 unspecified atom stereocenters. The molecular formula is C30H34ClN6P. The number of likely N-dealkylation sites (N-methyl/N-ethyl adjacent to an activating group) is 2. The molecule has 8 heteroatoms. The molecule has 3 aromatic rings. The van der Waals surface area contributed by atoms with Gasteiger partial charge in [0.25, 0.3) is 0 Å². The van der Waals surface area contributed by atoms with Crippen molar-refractivity contribution in [3.8, 4) is 0 Å². The molecule has 0 aromatic heterocycles. The van der Waals surface area contributed by atoms with Gasteiger partial charge in [0, 0.05) is 50.0 Å². The summed E-state index contributed by atoms with van der Waals surface area (Å²) in [7, 11) is 1.74. The van der Waals surface area contributed by atoms with Crippen LogP contribution in [0.15, 0.2) is 99.7 Å². The van der Waals surface area contributed by atoms with Crippen molar-refractivity contribution >= 4 is 42.2 Å². The molecular weight excluding hydrogens is 511 g/mol. The lowest BCUT2D eigenvalue weighted by Crippen LogP contribution is -2.44. The number of allylic oxidation sites excluding steroid dienone is 2. The van der Waals surface area contributed by atoms with Gasteiger partial charge in [-0.15, -0.1) is 0 Å². The molecule has 196 valence electrons. The van der Waals surface area contributed by atoms with Gasteiger partial charge in [-0.3, -0.25) is 0 Å². The van der Waals surface area contributed by atoms with Crippen molar-refractivity contribution in [3.63, 3.8) is 0 Å². The van der Waals surface area contributed by atoms with Crippen LogP contribution in [0.5, 0.6) is 0 Å². The molecule has 0 amide bonds. The zero-order valence-corrected chi connectivity index (χ0v) is 24.1. The first-order chi connectivity index (χ1) is 18.3. The molecule has 0 bridgehead atoms. The Morgan fingerprint density at radius 2 is 1.50 bits per heavy atom. The molecule has 0 N–H and O–H groups in total. The molecule has 3 aromatic carbocycles. The summed E-state index contributed by atoms with van der Waals surface area (Å²) in [6.07, 6.45) is 2.08. The van der Waals surface area contributed by atoms with E-state index < -0.39 is 7.36 Å². The summed E-state index contributed by atoms with van der Waals surface area (Å²) in [6, 6.07) is 27.1. The van der Waals surface area contributed by atoms with E-state index in [9.17, 15) is 0 Å². The first-order valence-electron chi connectivity index (χ1n) is 13.1. The van der Waals surface area contributed by atoms with Crippen LogP contribution in [0.25, 0.3) is 0 Å². The zero-order valence-electron chi connectivity index (χ0n) is 22.4. The SMILES string of the molecule is CN1CCN(P2(=Nc3ccccc3Cl)/C(=C3/N(C)c4ccccc4C3(C)C)C=NN2c2ccccc2)CC1. The van der Waals surface area contributed by atoms with Crippen LogP contribution in [0, 0.1) is 0 Å². The Morgan fingerprint density at radius 1 is 0.842 bits per heavy atom. The molecule has 0 spiro atoms. The summed E-state index contributed by atoms with van der Waals surface area (Å²) in [6.45, 7) is 8.41. The van der Waals surface area contributed by atoms with Crippen LogP contribution >= 0.6 is 19.0 Å². The molecule has 38 heavy (non-hydrogen) atoms. The second-order valence-electron chi connectivity index (χ2n) is 10.7. The highest BCUT2D eigenvalue weighted by Crippen LogP contribution is 2.71. The number of hydrogen-bond donors (Lipinski definition) is 0. The molecule has 1 atom stereocenters. The third-order valence-electron chi connectivity index (χ3n) is 7.95. The zero-order chi connectivity index (χ0) is 26.5. The summed E-state index contributed by atoms with van der Waals surface area (Å²) >= 11 is 6.80. The summed E-state index contributed by atoms with van der Waals surface area (Å²) in [5.74, 6) is 0. The highest BCUT2D eigenvalue weighted by Gasteiger charge is 2.50. The van der Waals surface area contributed by atoms with Gasteiger partial charge in [-0.25, -0.2) is 14.2 Å². The lowest BCUT2D eigenvalue weighted by atomic mass is 9.84. The predicted molar refractivity (Wildman–Crippen MR) is 162 cm³/mol. The molecule has 6 nitrogen and oxygen atoms in total. The first-order valence-corrected chi connectivity index (χ1v) is 15.2. The van der Waals surface area contributed by atoms with Crippen molar-refractivity contribution in [2.75, 3.05) is 50.0 Å². The number of para-hydroxylation sites is 2. The van der Waals surface area contributed by atoms with Crippen molar-refractivity contribution in [1.29, 1.82) is 0 Å². The van der Waals surface area contributed by atoms with Crippen molar-refractivity contribution < 1.29 is 0 Å². The fraction of sp³-hybridized carbons (Fsp3) is 0.300. The second-order valence-corrected chi connectivity index (χ2v) is 13.9. The molecule has 0 radical (unpaired) electrons. The number of piperazine rings is 1. The van der Waals surface area contributed by atoms with E-state index in [0.29, 0.717) is 5.02 Å². The average molecular weight is 545 g/mol. The number of fused-ring (bicyclic) bond motifs is 1. The average Bonchev–Trinajstić information content (AvgIpc) is 3.38. The minimum Gasteiger partial charge on any atom is -0.346 e. The molecule has 1 saturated heterocycles. The highest BCUT2D eigenvalue weighted by atomic mass is 35.5. The van der Waals surface area contributed by atoms with E-state index in [0.717, 1.165) is 37.6 Å². The third kappa shape index (κ3) is 3.94. The van der Waals surface area contributed by atoms with E-state index in [1.165, 1.54) is 22.3 Å². The Balaban J connectivity index is 1.69. The normalized spacial score (nSPS) is 25.2. The lowest BCUT2D eigenvalue weighted by molar-refractivity contribution is 0.227. The monoisotopic (exact) mass is 544 g/mol. The predicted octanol–water partition coefficient (Wildman–Crippen LogP) is 7.40. The van der Waals surface area contributed by atoms with Crippen LogP contribution in [-0.4, -0.2) is 56.1 Å². The van der Waals surface area contributed by atoms with Crippen LogP contribution in [0.2, 0.25) is 5.02 Å². The van der Waals surface area contributed by atoms with Crippen molar-refractivity contribution in [1.82, 2.24) is 9.57 Å². The fourth-order valence-corrected chi connectivity index (χ4v) is 10.1. The smallest absolute Gasteiger partial charge is 0.180 e. The van der Waals surface area contributed by atoms with Gasteiger partial charge in [-0.2, -0.15) is 5.10 Å². The van der Waals surface area contributed by atoms with E-state index in [1.54, 1.807) is 0 Å². The second kappa shape index (κ2) is 9.69. The Kier molecular flexibility index (Phi) is 6.48. The molecule has 0 saturated carbocycles. The Bertz CT molecular complexity index is 1470. The number of benzene rings is 3. The first kappa shape index (κ1) is 25.4. The van der Waals surface area contributed by atoms with E-state index in [4.69, 9.17) is 21.4 Å². The summed E-state index contributed by atoms with van der Waals surface area (Å²) in [4.78, 5) is 4.75. The summed E-state index contributed by atoms with van der Waals surface area (Å²) in [5.41, 5.74) is 5.45. The van der Waals surface area contributed by atoms with E-state index in [-0.39, 0.29) is 5.41 Å². The van der Waals surface area contributed by atoms with Crippen molar-refractivity contribution in [2.45, 2.75) is 19.3 Å². The molecule has 0 aliphatic carbocycles. The maximum absolute atomic E-state index is 6.80. The fourth-order valence-electron chi connectivity index (χ4n) is 6.00. The number of rotatable bonds is 3. The molecule has 1 fully saturated rings. The van der Waals surface area contributed by atoms with Gasteiger partial charge in [0.2, 0.25) is 0 Å². The summed E-state index contributed by atoms with van der Waals surface area (Å²) < 4.78 is 10.5. The number of nitrogens with zero attached hydrogens (tertiary/aromatic N) is 6. The minimum absolute atomic E-state index is 0.215. The summed E-state index contributed by atoms with van der Waals surface area (Å²) in [5, 5.41) is 7.00. The van der Waals surface area contributed by atoms with Crippen LogP contribution in [0.3, 0.4) is 0 Å². The molecule has 3 heterocycles. The van der Waals surface area contributed by atoms with Crippen LogP contribution in [0.1, 0.15) is 19.4 Å². The van der Waals surface area contributed by atoms with Gasteiger partial charge >= 0.3 is 0 Å². The number of hydrazone groups is 1. The Hall–Kier alpha value is -2.89. The quantitative estimate of drug-likeness (QED) is 0.322. The molecule has 3 aliphatic heterocycles. The van der Waals surface area contributed by atoms with Crippen LogP contribution < -0.4 is 9.68 Å². The highest BCUT2D eigenvalue weighted by molar-refractivity contribution is 7.71. The van der Waals surface area contributed by atoms with E-state index in [1.807, 2.05) is 30.3 Å². The Morgan fingerprint density at radius 3 is 2.21 bits per heavy atom. The standard InChI is InChI=1S/C30H34ClN6P/c1-30(2)24-14-8-11-17-27(24)35(4)29(30)28-22-32-37(23-12-6-5-7-13-23)38(28,36-20-18-34(3)19-21-36)33-26-16-10-9-15-25(26)31/h5-17,22H,18-21H2,1-4H3/b29-28+. The molecule has 3 aliphatic rings. The number of hydrogen-bond acceptors (Lipinski definition) is 4. The van der Waals surface area contributed by atoms with Gasteiger partial charge in [-0.05, 0) is 42.9 Å². The minimum atomic E-state index is -2.64. The van der Waals surface area contributed by atoms with Crippen LogP contribution in [0.4, 0.5) is 17.1 Å². The number of halogens is 1. The van der Waals surface area contributed by atoms with Gasteiger partial charge in [0.15, 0.2) is 7.36 Å². The van der Waals surface area contributed by atoms with E-state index in [2.05, 4.69) is 102 Å². The lowest BCUT2D eigenvalue weighted by Gasteiger charge is -2.44.